The highest BCUT2D eigenvalue weighted by Gasteiger charge is 2.30. The number of piperazine rings is 1. The molecule has 0 radical (unpaired) electrons. The number of carbonyl (C=O) groups excluding carboxylic acids is 1. The number of ether oxygens (including phenoxy) is 1. The average Bonchev–Trinajstić information content (AvgIpc) is 2.72. The van der Waals surface area contributed by atoms with Crippen molar-refractivity contribution in [2.45, 2.75) is 11.8 Å². The van der Waals surface area contributed by atoms with Gasteiger partial charge in [0.05, 0.1) is 15.9 Å². The van der Waals surface area contributed by atoms with Gasteiger partial charge in [0.2, 0.25) is 10.0 Å². The molecule has 1 heterocycles. The van der Waals surface area contributed by atoms with Crippen LogP contribution in [0.15, 0.2) is 53.4 Å². The first-order valence-corrected chi connectivity index (χ1v) is 10.4. The highest BCUT2D eigenvalue weighted by atomic mass is 32.2. The van der Waals surface area contributed by atoms with Gasteiger partial charge in [-0.25, -0.2) is 8.42 Å². The van der Waals surface area contributed by atoms with Crippen LogP contribution in [-0.4, -0.2) is 61.2 Å². The Hall–Kier alpha value is -2.98. The van der Waals surface area contributed by atoms with E-state index in [-0.39, 0.29) is 55.0 Å². The first-order valence-electron chi connectivity index (χ1n) is 8.99. The lowest BCUT2D eigenvalue weighted by Crippen LogP contribution is -2.51. The smallest absolute Gasteiger partial charge is 0.273 e. The van der Waals surface area contributed by atoms with E-state index in [0.717, 1.165) is 5.56 Å². The van der Waals surface area contributed by atoms with Crippen molar-refractivity contribution in [2.24, 2.45) is 0 Å². The lowest BCUT2D eigenvalue weighted by atomic mass is 10.2. The third-order valence-electron chi connectivity index (χ3n) is 4.64. The molecule has 0 saturated carbocycles. The number of aryl methyl sites for hydroxylation is 1. The minimum atomic E-state index is -3.60. The second kappa shape index (κ2) is 8.58. The molecule has 10 heteroatoms. The van der Waals surface area contributed by atoms with E-state index in [1.807, 2.05) is 6.92 Å². The zero-order chi connectivity index (χ0) is 21.0. The minimum absolute atomic E-state index is 0.120. The lowest BCUT2D eigenvalue weighted by Gasteiger charge is -2.34. The van der Waals surface area contributed by atoms with Gasteiger partial charge in [0.1, 0.15) is 5.75 Å². The maximum absolute atomic E-state index is 12.7. The van der Waals surface area contributed by atoms with Crippen molar-refractivity contribution in [1.82, 2.24) is 9.21 Å². The van der Waals surface area contributed by atoms with Gasteiger partial charge in [0.15, 0.2) is 6.61 Å². The van der Waals surface area contributed by atoms with Crippen molar-refractivity contribution >= 4 is 21.6 Å². The van der Waals surface area contributed by atoms with Crippen molar-refractivity contribution < 1.29 is 22.9 Å². The maximum Gasteiger partial charge on any atom is 0.273 e. The van der Waals surface area contributed by atoms with E-state index in [9.17, 15) is 23.3 Å². The van der Waals surface area contributed by atoms with Crippen LogP contribution >= 0.6 is 0 Å². The van der Waals surface area contributed by atoms with Crippen LogP contribution in [0.1, 0.15) is 5.56 Å². The van der Waals surface area contributed by atoms with E-state index >= 15 is 0 Å². The number of amides is 1. The van der Waals surface area contributed by atoms with Gasteiger partial charge in [0, 0.05) is 32.2 Å². The third-order valence-corrected chi connectivity index (χ3v) is 6.55. The van der Waals surface area contributed by atoms with Crippen LogP contribution in [0, 0.1) is 17.0 Å². The molecule has 1 aliphatic heterocycles. The molecule has 1 fully saturated rings. The van der Waals surface area contributed by atoms with Crippen molar-refractivity contribution in [3.8, 4) is 5.75 Å². The predicted molar refractivity (Wildman–Crippen MR) is 105 cm³/mol. The van der Waals surface area contributed by atoms with Gasteiger partial charge in [-0.1, -0.05) is 23.8 Å². The monoisotopic (exact) mass is 419 g/mol. The zero-order valence-electron chi connectivity index (χ0n) is 15.9. The molecule has 2 aromatic rings. The quantitative estimate of drug-likeness (QED) is 0.522. The van der Waals surface area contributed by atoms with E-state index in [0.29, 0.717) is 0 Å². The summed E-state index contributed by atoms with van der Waals surface area (Å²) in [7, 11) is -3.60. The van der Waals surface area contributed by atoms with Crippen LogP contribution < -0.4 is 4.74 Å². The molecular weight excluding hydrogens is 398 g/mol. The number of benzene rings is 2. The van der Waals surface area contributed by atoms with Crippen molar-refractivity contribution in [3.05, 3.63) is 64.2 Å². The van der Waals surface area contributed by atoms with E-state index in [1.54, 1.807) is 24.3 Å². The van der Waals surface area contributed by atoms with E-state index in [1.165, 1.54) is 33.5 Å². The second-order valence-electron chi connectivity index (χ2n) is 6.64. The van der Waals surface area contributed by atoms with Crippen molar-refractivity contribution in [1.29, 1.82) is 0 Å². The lowest BCUT2D eigenvalue weighted by molar-refractivity contribution is -0.384. The molecule has 0 N–H and O–H groups in total. The molecule has 1 aliphatic rings. The van der Waals surface area contributed by atoms with Gasteiger partial charge in [-0.15, -0.1) is 0 Å². The Morgan fingerprint density at radius 3 is 2.38 bits per heavy atom. The van der Waals surface area contributed by atoms with Crippen LogP contribution in [-0.2, 0) is 14.8 Å². The number of nitro benzene ring substituents is 1. The molecule has 29 heavy (non-hydrogen) atoms. The molecule has 3 rings (SSSR count). The first kappa shape index (κ1) is 20.7. The first-order chi connectivity index (χ1) is 13.8. The summed E-state index contributed by atoms with van der Waals surface area (Å²) >= 11 is 0. The summed E-state index contributed by atoms with van der Waals surface area (Å²) in [5.41, 5.74) is 0.855. The Bertz CT molecular complexity index is 999. The Morgan fingerprint density at radius 1 is 1.10 bits per heavy atom. The molecular formula is C19H21N3O6S. The molecule has 2 aromatic carbocycles. The number of carbonyl (C=O) groups is 1. The second-order valence-corrected chi connectivity index (χ2v) is 8.58. The number of rotatable bonds is 6. The zero-order valence-corrected chi connectivity index (χ0v) is 16.7. The molecule has 0 aliphatic carbocycles. The summed E-state index contributed by atoms with van der Waals surface area (Å²) in [5, 5.41) is 10.8. The molecule has 0 atom stereocenters. The fourth-order valence-electron chi connectivity index (χ4n) is 2.96. The number of hydrogen-bond donors (Lipinski definition) is 0. The fraction of sp³-hybridized carbons (Fsp3) is 0.316. The number of sulfonamides is 1. The summed E-state index contributed by atoms with van der Waals surface area (Å²) in [4.78, 5) is 24.4. The topological polar surface area (TPSA) is 110 Å². The molecule has 0 unspecified atom stereocenters. The number of non-ortho nitro benzene ring substituents is 1. The molecule has 0 aromatic heterocycles. The van der Waals surface area contributed by atoms with E-state index < -0.39 is 14.9 Å². The average molecular weight is 419 g/mol. The normalized spacial score (nSPS) is 15.1. The van der Waals surface area contributed by atoms with Crippen molar-refractivity contribution in [2.75, 3.05) is 32.8 Å². The molecule has 1 amide bonds. The summed E-state index contributed by atoms with van der Waals surface area (Å²) in [5.74, 6) is -0.0722. The van der Waals surface area contributed by atoms with Crippen LogP contribution in [0.5, 0.6) is 5.75 Å². The number of nitro groups is 1. The van der Waals surface area contributed by atoms with Gasteiger partial charge in [-0.05, 0) is 25.1 Å². The Kier molecular flexibility index (Phi) is 6.14. The number of hydrogen-bond acceptors (Lipinski definition) is 6. The largest absolute Gasteiger partial charge is 0.484 e. The molecule has 0 bridgehead atoms. The van der Waals surface area contributed by atoms with Gasteiger partial charge in [-0.3, -0.25) is 14.9 Å². The standard InChI is InChI=1S/C19H21N3O6S/c1-15-5-7-18(8-6-15)29(26,27)21-11-9-20(10-12-21)19(23)14-28-17-4-2-3-16(13-17)22(24)25/h2-8,13H,9-12,14H2,1H3. The highest BCUT2D eigenvalue weighted by molar-refractivity contribution is 7.89. The molecule has 1 saturated heterocycles. The Labute approximate surface area is 168 Å². The SMILES string of the molecule is Cc1ccc(S(=O)(=O)N2CCN(C(=O)COc3cccc([N+](=O)[O-])c3)CC2)cc1. The summed E-state index contributed by atoms with van der Waals surface area (Å²) < 4.78 is 32.2. The molecule has 9 nitrogen and oxygen atoms in total. The Balaban J connectivity index is 1.55. The third kappa shape index (κ3) is 4.90. The molecule has 0 spiro atoms. The van der Waals surface area contributed by atoms with Crippen LogP contribution in [0.25, 0.3) is 0 Å². The van der Waals surface area contributed by atoms with Crippen molar-refractivity contribution in [3.63, 3.8) is 0 Å². The fourth-order valence-corrected chi connectivity index (χ4v) is 4.38. The van der Waals surface area contributed by atoms with Gasteiger partial charge >= 0.3 is 0 Å². The summed E-state index contributed by atoms with van der Waals surface area (Å²) in [6.07, 6.45) is 0. The van der Waals surface area contributed by atoms with Crippen LogP contribution in [0.3, 0.4) is 0 Å². The predicted octanol–water partition coefficient (Wildman–Crippen LogP) is 1.82. The molecule has 154 valence electrons. The van der Waals surface area contributed by atoms with Gasteiger partial charge < -0.3 is 9.64 Å². The minimum Gasteiger partial charge on any atom is -0.484 e. The van der Waals surface area contributed by atoms with E-state index in [2.05, 4.69) is 0 Å². The van der Waals surface area contributed by atoms with Crippen LogP contribution in [0.4, 0.5) is 5.69 Å². The van der Waals surface area contributed by atoms with Crippen LogP contribution in [0.2, 0.25) is 0 Å². The maximum atomic E-state index is 12.7. The summed E-state index contributed by atoms with van der Waals surface area (Å²) in [6, 6.07) is 12.3. The Morgan fingerprint density at radius 2 is 1.76 bits per heavy atom. The summed E-state index contributed by atoms with van der Waals surface area (Å²) in [6.45, 7) is 2.50. The highest BCUT2D eigenvalue weighted by Crippen LogP contribution is 2.20. The van der Waals surface area contributed by atoms with Gasteiger partial charge in [0.25, 0.3) is 11.6 Å². The number of nitrogens with zero attached hydrogens (tertiary/aromatic N) is 3. The van der Waals surface area contributed by atoms with E-state index in [4.69, 9.17) is 4.74 Å². The van der Waals surface area contributed by atoms with Gasteiger partial charge in [-0.2, -0.15) is 4.31 Å².